The molecule has 6 heteroatoms. The normalized spacial score (nSPS) is 14.8. The number of aromatic nitrogens is 2. The fourth-order valence-corrected chi connectivity index (χ4v) is 3.12. The van der Waals surface area contributed by atoms with Crippen molar-refractivity contribution in [1.82, 2.24) is 14.9 Å². The van der Waals surface area contributed by atoms with Gasteiger partial charge >= 0.3 is 0 Å². The summed E-state index contributed by atoms with van der Waals surface area (Å²) in [6.45, 7) is 4.46. The van der Waals surface area contributed by atoms with Gasteiger partial charge < -0.3 is 10.1 Å². The molecule has 4 rings (SSSR count). The van der Waals surface area contributed by atoms with Gasteiger partial charge in [0.05, 0.1) is 18.9 Å². The minimum atomic E-state index is -0.185. The fraction of sp³-hybridized carbons (Fsp3) is 0.238. The van der Waals surface area contributed by atoms with Gasteiger partial charge in [-0.2, -0.15) is 0 Å². The van der Waals surface area contributed by atoms with Crippen LogP contribution in [0, 0.1) is 0 Å². The van der Waals surface area contributed by atoms with E-state index in [1.54, 1.807) is 0 Å². The van der Waals surface area contributed by atoms with Gasteiger partial charge in [-0.3, -0.25) is 14.7 Å². The molecule has 1 fully saturated rings. The van der Waals surface area contributed by atoms with Crippen LogP contribution in [0.4, 0.5) is 11.6 Å². The van der Waals surface area contributed by atoms with Gasteiger partial charge in [-0.05, 0) is 17.7 Å². The molecule has 1 aliphatic heterocycles. The Hall–Kier alpha value is -2.96. The Morgan fingerprint density at radius 1 is 1.04 bits per heavy atom. The van der Waals surface area contributed by atoms with Crippen molar-refractivity contribution in [2.45, 2.75) is 6.54 Å². The molecular formula is C21H22N4O2. The van der Waals surface area contributed by atoms with E-state index in [9.17, 15) is 4.79 Å². The second-order valence-electron chi connectivity index (χ2n) is 6.56. The van der Waals surface area contributed by atoms with E-state index in [1.807, 2.05) is 42.5 Å². The maximum Gasteiger partial charge on any atom is 0.252 e. The van der Waals surface area contributed by atoms with E-state index < -0.39 is 0 Å². The first-order valence-corrected chi connectivity index (χ1v) is 9.09. The van der Waals surface area contributed by atoms with Crippen LogP contribution >= 0.6 is 0 Å². The number of H-pyrrole nitrogens is 1. The highest BCUT2D eigenvalue weighted by Crippen LogP contribution is 2.18. The van der Waals surface area contributed by atoms with Crippen LogP contribution in [-0.4, -0.2) is 41.2 Å². The number of aromatic amines is 1. The summed E-state index contributed by atoms with van der Waals surface area (Å²) in [6.07, 6.45) is 0. The lowest BCUT2D eigenvalue weighted by Crippen LogP contribution is -2.35. The Labute approximate surface area is 157 Å². The lowest BCUT2D eigenvalue weighted by molar-refractivity contribution is 0.0342. The van der Waals surface area contributed by atoms with Crippen molar-refractivity contribution in [3.05, 3.63) is 76.6 Å². The Balaban J connectivity index is 1.47. The predicted octanol–water partition coefficient (Wildman–Crippen LogP) is 3.01. The van der Waals surface area contributed by atoms with Crippen LogP contribution < -0.4 is 10.9 Å². The van der Waals surface area contributed by atoms with Crippen molar-refractivity contribution in [1.29, 1.82) is 0 Å². The zero-order valence-corrected chi connectivity index (χ0v) is 15.0. The number of nitrogens with zero attached hydrogens (tertiary/aromatic N) is 2. The lowest BCUT2D eigenvalue weighted by atomic mass is 10.1. The van der Waals surface area contributed by atoms with E-state index in [0.29, 0.717) is 11.6 Å². The largest absolute Gasteiger partial charge is 0.379 e. The number of morpholine rings is 1. The molecule has 0 unspecified atom stereocenters. The van der Waals surface area contributed by atoms with Crippen molar-refractivity contribution in [3.63, 3.8) is 0 Å². The van der Waals surface area contributed by atoms with Crippen molar-refractivity contribution < 1.29 is 4.74 Å². The second kappa shape index (κ2) is 8.16. The topological polar surface area (TPSA) is 70.2 Å². The quantitative estimate of drug-likeness (QED) is 0.730. The van der Waals surface area contributed by atoms with Gasteiger partial charge in [0.15, 0.2) is 0 Å². The summed E-state index contributed by atoms with van der Waals surface area (Å²) in [5, 5.41) is 3.19. The predicted molar refractivity (Wildman–Crippen MR) is 106 cm³/mol. The number of hydrogen-bond acceptors (Lipinski definition) is 5. The highest BCUT2D eigenvalue weighted by molar-refractivity contribution is 5.61. The Morgan fingerprint density at radius 2 is 1.78 bits per heavy atom. The molecule has 1 aliphatic rings. The maximum absolute atomic E-state index is 12.0. The summed E-state index contributed by atoms with van der Waals surface area (Å²) in [7, 11) is 0. The molecule has 27 heavy (non-hydrogen) atoms. The van der Waals surface area contributed by atoms with E-state index >= 15 is 0 Å². The maximum atomic E-state index is 12.0. The summed E-state index contributed by atoms with van der Waals surface area (Å²) in [5.41, 5.74) is 3.50. The van der Waals surface area contributed by atoms with Crippen LogP contribution in [0.1, 0.15) is 5.56 Å². The molecule has 1 saturated heterocycles. The number of anilines is 2. The van der Waals surface area contributed by atoms with E-state index in [-0.39, 0.29) is 5.56 Å². The fourth-order valence-electron chi connectivity index (χ4n) is 3.12. The molecule has 0 bridgehead atoms. The first-order valence-electron chi connectivity index (χ1n) is 9.09. The van der Waals surface area contributed by atoms with Crippen molar-refractivity contribution in [2.75, 3.05) is 31.6 Å². The van der Waals surface area contributed by atoms with Crippen LogP contribution in [0.2, 0.25) is 0 Å². The smallest absolute Gasteiger partial charge is 0.252 e. The number of ether oxygens (including phenoxy) is 1. The first-order chi connectivity index (χ1) is 13.3. The van der Waals surface area contributed by atoms with E-state index in [1.165, 1.54) is 11.6 Å². The number of benzene rings is 2. The van der Waals surface area contributed by atoms with E-state index in [2.05, 4.69) is 32.3 Å². The minimum absolute atomic E-state index is 0.185. The molecule has 1 aromatic heterocycles. The van der Waals surface area contributed by atoms with Crippen LogP contribution in [0.3, 0.4) is 0 Å². The highest BCUT2D eigenvalue weighted by Gasteiger charge is 2.10. The van der Waals surface area contributed by atoms with E-state index in [0.717, 1.165) is 44.1 Å². The van der Waals surface area contributed by atoms with Crippen LogP contribution in [0.5, 0.6) is 0 Å². The molecule has 2 heterocycles. The average molecular weight is 362 g/mol. The SMILES string of the molecule is O=c1cc(-c2ccccc2)nc(Nc2ccc(CN3CCOCC3)cc2)[nH]1. The molecule has 138 valence electrons. The molecule has 0 saturated carbocycles. The summed E-state index contributed by atoms with van der Waals surface area (Å²) >= 11 is 0. The monoisotopic (exact) mass is 362 g/mol. The summed E-state index contributed by atoms with van der Waals surface area (Å²) in [6, 6.07) is 19.4. The van der Waals surface area contributed by atoms with Gasteiger partial charge in [0.2, 0.25) is 5.95 Å². The molecule has 0 amide bonds. The molecule has 0 atom stereocenters. The van der Waals surface area contributed by atoms with Gasteiger partial charge in [-0.1, -0.05) is 42.5 Å². The van der Waals surface area contributed by atoms with Crippen molar-refractivity contribution in [2.24, 2.45) is 0 Å². The first kappa shape index (κ1) is 17.5. The average Bonchev–Trinajstić information content (AvgIpc) is 2.71. The number of rotatable bonds is 5. The third-order valence-electron chi connectivity index (χ3n) is 4.54. The van der Waals surface area contributed by atoms with Gasteiger partial charge in [-0.25, -0.2) is 4.98 Å². The summed E-state index contributed by atoms with van der Waals surface area (Å²) < 4.78 is 5.39. The lowest BCUT2D eigenvalue weighted by Gasteiger charge is -2.26. The van der Waals surface area contributed by atoms with Crippen molar-refractivity contribution in [3.8, 4) is 11.3 Å². The zero-order chi connectivity index (χ0) is 18.5. The highest BCUT2D eigenvalue weighted by atomic mass is 16.5. The molecule has 6 nitrogen and oxygen atoms in total. The molecule has 3 aromatic rings. The van der Waals surface area contributed by atoms with E-state index in [4.69, 9.17) is 4.74 Å². The zero-order valence-electron chi connectivity index (χ0n) is 15.0. The molecule has 0 aliphatic carbocycles. The Morgan fingerprint density at radius 3 is 2.52 bits per heavy atom. The Kier molecular flexibility index (Phi) is 5.27. The minimum Gasteiger partial charge on any atom is -0.379 e. The third-order valence-corrected chi connectivity index (χ3v) is 4.54. The van der Waals surface area contributed by atoms with Gasteiger partial charge in [0, 0.05) is 37.0 Å². The van der Waals surface area contributed by atoms with Gasteiger partial charge in [0.1, 0.15) is 0 Å². The molecule has 2 N–H and O–H groups in total. The molecular weight excluding hydrogens is 340 g/mol. The standard InChI is InChI=1S/C21H22N4O2/c26-20-14-19(17-4-2-1-3-5-17)23-21(24-20)22-18-8-6-16(7-9-18)15-25-10-12-27-13-11-25/h1-9,14H,10-13,15H2,(H2,22,23,24,26). The molecule has 2 aromatic carbocycles. The summed E-state index contributed by atoms with van der Waals surface area (Å²) in [5.74, 6) is 0.433. The van der Waals surface area contributed by atoms with Gasteiger partial charge in [-0.15, -0.1) is 0 Å². The number of nitrogens with one attached hydrogen (secondary N) is 2. The van der Waals surface area contributed by atoms with Gasteiger partial charge in [0.25, 0.3) is 5.56 Å². The van der Waals surface area contributed by atoms with Crippen LogP contribution in [-0.2, 0) is 11.3 Å². The third kappa shape index (κ3) is 4.61. The second-order valence-corrected chi connectivity index (χ2v) is 6.56. The molecule has 0 spiro atoms. The van der Waals surface area contributed by atoms with Crippen molar-refractivity contribution >= 4 is 11.6 Å². The van der Waals surface area contributed by atoms with Crippen LogP contribution in [0.15, 0.2) is 65.5 Å². The molecule has 0 radical (unpaired) electrons. The Bertz CT molecular complexity index is 932. The summed E-state index contributed by atoms with van der Waals surface area (Å²) in [4.78, 5) is 21.7. The van der Waals surface area contributed by atoms with Crippen LogP contribution in [0.25, 0.3) is 11.3 Å². The number of hydrogen-bond donors (Lipinski definition) is 2.